The predicted octanol–water partition coefficient (Wildman–Crippen LogP) is 8.74. The molecule has 0 aliphatic carbocycles. The fourth-order valence-electron chi connectivity index (χ4n) is 3.98. The molecule has 5 nitrogen and oxygen atoms in total. The van der Waals surface area contributed by atoms with Gasteiger partial charge in [-0.05, 0) is 45.3 Å². The Bertz CT molecular complexity index is 540. The molecule has 0 fully saturated rings. The van der Waals surface area contributed by atoms with Crippen LogP contribution in [0.4, 0.5) is 4.79 Å². The van der Waals surface area contributed by atoms with E-state index in [0.717, 1.165) is 12.8 Å². The maximum atomic E-state index is 12.4. The van der Waals surface area contributed by atoms with E-state index >= 15 is 0 Å². The highest BCUT2D eigenvalue weighted by atomic mass is 28.4. The van der Waals surface area contributed by atoms with Gasteiger partial charge in [0.1, 0.15) is 5.60 Å². The molecule has 0 saturated heterocycles. The normalized spacial score (nSPS) is 14.6. The number of alkyl carbamates (subject to hydrolysis) is 1. The molecule has 0 unspecified atom stereocenters. The molecular weight excluding hydrogens is 454 g/mol. The molecule has 6 heteroatoms. The molecular formula is C29H61NO4Si. The fourth-order valence-corrected chi connectivity index (χ4v) is 5.37. The molecule has 0 aromatic rings. The number of amides is 1. The van der Waals surface area contributed by atoms with Crippen LogP contribution in [0.1, 0.15) is 138 Å². The van der Waals surface area contributed by atoms with E-state index in [1.807, 2.05) is 20.8 Å². The van der Waals surface area contributed by atoms with E-state index in [1.165, 1.54) is 77.0 Å². The van der Waals surface area contributed by atoms with Crippen LogP contribution in [0, 0.1) is 0 Å². The van der Waals surface area contributed by atoms with Crippen molar-refractivity contribution in [1.29, 1.82) is 0 Å². The molecule has 2 atom stereocenters. The van der Waals surface area contributed by atoms with Gasteiger partial charge < -0.3 is 19.6 Å². The number of carbonyl (C=O) groups excluding carboxylic acids is 1. The zero-order valence-corrected chi connectivity index (χ0v) is 25.9. The molecule has 0 saturated carbocycles. The van der Waals surface area contributed by atoms with Gasteiger partial charge in [0, 0.05) is 0 Å². The van der Waals surface area contributed by atoms with E-state index in [0.29, 0.717) is 0 Å². The molecule has 0 aromatic carbocycles. The van der Waals surface area contributed by atoms with Crippen molar-refractivity contribution in [2.45, 2.75) is 174 Å². The lowest BCUT2D eigenvalue weighted by Crippen LogP contribution is -2.53. The Labute approximate surface area is 219 Å². The largest absolute Gasteiger partial charge is 0.444 e. The summed E-state index contributed by atoms with van der Waals surface area (Å²) in [5.41, 5.74) is -0.574. The number of rotatable bonds is 19. The second kappa shape index (κ2) is 17.8. The van der Waals surface area contributed by atoms with Crippen LogP contribution in [0.3, 0.4) is 0 Å². The van der Waals surface area contributed by atoms with Crippen molar-refractivity contribution in [2.75, 3.05) is 6.61 Å². The number of aliphatic hydroxyl groups is 1. The van der Waals surface area contributed by atoms with Crippen molar-refractivity contribution in [1.82, 2.24) is 5.32 Å². The van der Waals surface area contributed by atoms with Crippen LogP contribution in [-0.2, 0) is 9.16 Å². The topological polar surface area (TPSA) is 67.8 Å². The van der Waals surface area contributed by atoms with Gasteiger partial charge in [-0.2, -0.15) is 0 Å². The number of ether oxygens (including phenoxy) is 1. The minimum absolute atomic E-state index is 0.0627. The molecule has 0 radical (unpaired) electrons. The fraction of sp³-hybridized carbons (Fsp3) is 0.966. The van der Waals surface area contributed by atoms with Crippen LogP contribution in [0.15, 0.2) is 0 Å². The summed E-state index contributed by atoms with van der Waals surface area (Å²) >= 11 is 0. The van der Waals surface area contributed by atoms with E-state index in [2.05, 4.69) is 46.1 Å². The van der Waals surface area contributed by atoms with Gasteiger partial charge in [-0.1, -0.05) is 111 Å². The standard InChI is InChI=1S/C29H61NO4Si/c1-10-11-12-13-14-15-16-17-18-19-20-21-22-23-26(34-35(8,9)29(5,6)7)25(24-31)30-27(32)33-28(2,3)4/h25-26,31H,10-24H2,1-9H3,(H,30,32)/t25-,26-/m0/s1. The first-order valence-corrected chi connectivity index (χ1v) is 17.4. The Hall–Kier alpha value is -0.593. The molecule has 0 aromatic heterocycles. The zero-order valence-electron chi connectivity index (χ0n) is 24.9. The summed E-state index contributed by atoms with van der Waals surface area (Å²) in [4.78, 5) is 12.4. The number of hydrogen-bond donors (Lipinski definition) is 2. The Morgan fingerprint density at radius 1 is 0.800 bits per heavy atom. The maximum absolute atomic E-state index is 12.4. The summed E-state index contributed by atoms with van der Waals surface area (Å²) in [6, 6.07) is -0.462. The lowest BCUT2D eigenvalue weighted by molar-refractivity contribution is 0.0354. The van der Waals surface area contributed by atoms with Crippen molar-refractivity contribution in [3.05, 3.63) is 0 Å². The van der Waals surface area contributed by atoms with Crippen molar-refractivity contribution in [2.24, 2.45) is 0 Å². The third-order valence-corrected chi connectivity index (χ3v) is 11.7. The number of hydrogen-bond acceptors (Lipinski definition) is 4. The van der Waals surface area contributed by atoms with Gasteiger partial charge >= 0.3 is 6.09 Å². The Morgan fingerprint density at radius 3 is 1.60 bits per heavy atom. The monoisotopic (exact) mass is 515 g/mol. The number of aliphatic hydroxyl groups excluding tert-OH is 1. The molecule has 35 heavy (non-hydrogen) atoms. The van der Waals surface area contributed by atoms with Crippen LogP contribution in [0.25, 0.3) is 0 Å². The molecule has 0 spiro atoms. The van der Waals surface area contributed by atoms with E-state index < -0.39 is 26.1 Å². The summed E-state index contributed by atoms with van der Waals surface area (Å²) in [5.74, 6) is 0. The maximum Gasteiger partial charge on any atom is 0.408 e. The van der Waals surface area contributed by atoms with Crippen molar-refractivity contribution in [3.8, 4) is 0 Å². The predicted molar refractivity (Wildman–Crippen MR) is 153 cm³/mol. The average molecular weight is 516 g/mol. The summed E-state index contributed by atoms with van der Waals surface area (Å²) < 4.78 is 12.1. The van der Waals surface area contributed by atoms with Gasteiger partial charge in [0.15, 0.2) is 8.32 Å². The zero-order chi connectivity index (χ0) is 27.0. The van der Waals surface area contributed by atoms with Crippen LogP contribution in [0.5, 0.6) is 0 Å². The van der Waals surface area contributed by atoms with Gasteiger partial charge in [0.05, 0.1) is 18.8 Å². The molecule has 0 heterocycles. The number of nitrogens with one attached hydrogen (secondary N) is 1. The van der Waals surface area contributed by atoms with Crippen molar-refractivity contribution >= 4 is 14.4 Å². The molecule has 0 aliphatic rings. The van der Waals surface area contributed by atoms with Gasteiger partial charge in [0.25, 0.3) is 0 Å². The third-order valence-electron chi connectivity index (χ3n) is 7.19. The Morgan fingerprint density at radius 2 is 1.23 bits per heavy atom. The lowest BCUT2D eigenvalue weighted by Gasteiger charge is -2.41. The van der Waals surface area contributed by atoms with Crippen LogP contribution >= 0.6 is 0 Å². The number of unbranched alkanes of at least 4 members (excludes halogenated alkanes) is 12. The molecule has 2 N–H and O–H groups in total. The minimum atomic E-state index is -2.05. The second-order valence-electron chi connectivity index (χ2n) is 12.9. The summed E-state index contributed by atoms with van der Waals surface area (Å²) in [7, 11) is -2.05. The highest BCUT2D eigenvalue weighted by molar-refractivity contribution is 6.74. The van der Waals surface area contributed by atoms with Crippen LogP contribution in [0.2, 0.25) is 18.1 Å². The Balaban J connectivity index is 4.55. The first kappa shape index (κ1) is 34.4. The molecule has 210 valence electrons. The van der Waals surface area contributed by atoms with E-state index in [-0.39, 0.29) is 17.7 Å². The van der Waals surface area contributed by atoms with E-state index in [1.54, 1.807) is 0 Å². The lowest BCUT2D eigenvalue weighted by atomic mass is 10.0. The molecule has 0 bridgehead atoms. The van der Waals surface area contributed by atoms with E-state index in [4.69, 9.17) is 9.16 Å². The quantitative estimate of drug-likeness (QED) is 0.133. The first-order chi connectivity index (χ1) is 16.2. The highest BCUT2D eigenvalue weighted by Crippen LogP contribution is 2.38. The summed E-state index contributed by atoms with van der Waals surface area (Å²) in [6.07, 6.45) is 17.3. The Kier molecular flexibility index (Phi) is 17.5. The van der Waals surface area contributed by atoms with Crippen LogP contribution < -0.4 is 5.32 Å². The van der Waals surface area contributed by atoms with Gasteiger partial charge in [-0.3, -0.25) is 0 Å². The van der Waals surface area contributed by atoms with Crippen molar-refractivity contribution < 1.29 is 19.1 Å². The molecule has 0 rings (SSSR count). The summed E-state index contributed by atoms with van der Waals surface area (Å²) in [6.45, 7) is 18.8. The molecule has 0 aliphatic heterocycles. The van der Waals surface area contributed by atoms with E-state index in [9.17, 15) is 9.90 Å². The van der Waals surface area contributed by atoms with Gasteiger partial charge in [-0.15, -0.1) is 0 Å². The third kappa shape index (κ3) is 17.5. The highest BCUT2D eigenvalue weighted by Gasteiger charge is 2.41. The summed E-state index contributed by atoms with van der Waals surface area (Å²) in [5, 5.41) is 13.1. The second-order valence-corrected chi connectivity index (χ2v) is 17.6. The van der Waals surface area contributed by atoms with Crippen molar-refractivity contribution in [3.63, 3.8) is 0 Å². The SMILES string of the molecule is CCCCCCCCCCCCCCC[C@H](O[Si](C)(C)C(C)(C)C)[C@H](CO)NC(=O)OC(C)(C)C. The van der Waals surface area contributed by atoms with Gasteiger partial charge in [0.2, 0.25) is 0 Å². The minimum Gasteiger partial charge on any atom is -0.444 e. The first-order valence-electron chi connectivity index (χ1n) is 14.5. The molecule has 1 amide bonds. The van der Waals surface area contributed by atoms with Gasteiger partial charge in [-0.25, -0.2) is 4.79 Å². The number of carbonyl (C=O) groups is 1. The van der Waals surface area contributed by atoms with Crippen LogP contribution in [-0.4, -0.2) is 43.9 Å². The smallest absolute Gasteiger partial charge is 0.408 e. The average Bonchev–Trinajstić information content (AvgIpc) is 2.72.